The molecule has 0 aliphatic carbocycles. The lowest BCUT2D eigenvalue weighted by Crippen LogP contribution is -1.94. The van der Waals surface area contributed by atoms with E-state index in [9.17, 15) is 5.11 Å². The highest BCUT2D eigenvalue weighted by molar-refractivity contribution is 9.11. The summed E-state index contributed by atoms with van der Waals surface area (Å²) in [6.45, 7) is 7.74. The van der Waals surface area contributed by atoms with Gasteiger partial charge in [0.2, 0.25) is 0 Å². The normalized spacial score (nSPS) is 12.9. The van der Waals surface area contributed by atoms with E-state index in [-0.39, 0.29) is 0 Å². The van der Waals surface area contributed by atoms with Crippen LogP contribution in [0.5, 0.6) is 0 Å². The second kappa shape index (κ2) is 4.40. The number of aryl methyl sites for hydroxylation is 1. The molecule has 1 N–H and O–H groups in total. The third-order valence-electron chi connectivity index (χ3n) is 1.75. The first kappa shape index (κ1) is 11.0. The molecule has 0 aliphatic heterocycles. The summed E-state index contributed by atoms with van der Waals surface area (Å²) >= 11 is 5.03. The summed E-state index contributed by atoms with van der Waals surface area (Å²) in [5.74, 6) is 0. The van der Waals surface area contributed by atoms with E-state index in [4.69, 9.17) is 0 Å². The molecular weight excluding hydrogens is 248 g/mol. The molecule has 1 heterocycles. The molecular formula is C10H13BrOS. The van der Waals surface area contributed by atoms with Crippen LogP contribution in [0.4, 0.5) is 0 Å². The molecule has 13 heavy (non-hydrogen) atoms. The molecule has 1 rings (SSSR count). The fourth-order valence-electron chi connectivity index (χ4n) is 1.08. The summed E-state index contributed by atoms with van der Waals surface area (Å²) in [7, 11) is 0. The highest BCUT2D eigenvalue weighted by atomic mass is 79.9. The van der Waals surface area contributed by atoms with Gasteiger partial charge in [0.15, 0.2) is 0 Å². The van der Waals surface area contributed by atoms with Gasteiger partial charge in [-0.05, 0) is 47.8 Å². The third-order valence-corrected chi connectivity index (χ3v) is 3.98. The number of hydrogen-bond donors (Lipinski definition) is 1. The van der Waals surface area contributed by atoms with E-state index in [1.165, 1.54) is 5.56 Å². The lowest BCUT2D eigenvalue weighted by atomic mass is 10.1. The Labute approximate surface area is 91.2 Å². The summed E-state index contributed by atoms with van der Waals surface area (Å²) in [4.78, 5) is 1.01. The third kappa shape index (κ3) is 2.93. The maximum atomic E-state index is 9.76. The van der Waals surface area contributed by atoms with E-state index in [0.29, 0.717) is 6.42 Å². The van der Waals surface area contributed by atoms with Gasteiger partial charge in [0.05, 0.1) is 9.89 Å². The minimum atomic E-state index is -0.396. The summed E-state index contributed by atoms with van der Waals surface area (Å²) in [6, 6.07) is 2.02. The zero-order chi connectivity index (χ0) is 10.0. The van der Waals surface area contributed by atoms with E-state index in [1.54, 1.807) is 11.3 Å². The number of halogens is 1. The standard InChI is InChI=1S/C10H13BrOS/c1-6(2)4-8(12)9-5-7(3)10(11)13-9/h5,8,12H,1,4H2,2-3H3. The minimum absolute atomic E-state index is 0.396. The number of thiophene rings is 1. The predicted molar refractivity (Wildman–Crippen MR) is 61.1 cm³/mol. The Kier molecular flexibility index (Phi) is 3.71. The lowest BCUT2D eigenvalue weighted by Gasteiger charge is -2.06. The summed E-state index contributed by atoms with van der Waals surface area (Å²) in [5.41, 5.74) is 2.19. The second-order valence-corrected chi connectivity index (χ2v) is 5.68. The van der Waals surface area contributed by atoms with Gasteiger partial charge in [-0.2, -0.15) is 0 Å². The minimum Gasteiger partial charge on any atom is -0.387 e. The van der Waals surface area contributed by atoms with Crippen LogP contribution in [-0.4, -0.2) is 5.11 Å². The van der Waals surface area contributed by atoms with Crippen LogP contribution in [0.3, 0.4) is 0 Å². The van der Waals surface area contributed by atoms with Crippen LogP contribution in [0.1, 0.15) is 29.9 Å². The zero-order valence-corrected chi connectivity index (χ0v) is 10.2. The molecule has 1 unspecified atom stereocenters. The zero-order valence-electron chi connectivity index (χ0n) is 7.80. The van der Waals surface area contributed by atoms with Crippen LogP contribution in [0.25, 0.3) is 0 Å². The smallest absolute Gasteiger partial charge is 0.0919 e. The molecule has 1 nitrogen and oxygen atoms in total. The van der Waals surface area contributed by atoms with Gasteiger partial charge in [-0.1, -0.05) is 5.57 Å². The molecule has 0 aliphatic rings. The van der Waals surface area contributed by atoms with E-state index in [0.717, 1.165) is 14.2 Å². The van der Waals surface area contributed by atoms with Crippen molar-refractivity contribution in [1.29, 1.82) is 0 Å². The average Bonchev–Trinajstić information content (AvgIpc) is 2.31. The Morgan fingerprint density at radius 3 is 2.77 bits per heavy atom. The molecule has 0 bridgehead atoms. The quantitative estimate of drug-likeness (QED) is 0.820. The molecule has 0 spiro atoms. The van der Waals surface area contributed by atoms with Crippen molar-refractivity contribution in [3.05, 3.63) is 32.4 Å². The Balaban J connectivity index is 2.77. The van der Waals surface area contributed by atoms with Crippen LogP contribution < -0.4 is 0 Å². The second-order valence-electron chi connectivity index (χ2n) is 3.28. The van der Waals surface area contributed by atoms with Crippen molar-refractivity contribution in [1.82, 2.24) is 0 Å². The number of rotatable bonds is 3. The Hall–Kier alpha value is -0.120. The van der Waals surface area contributed by atoms with Crippen LogP contribution in [0.2, 0.25) is 0 Å². The van der Waals surface area contributed by atoms with Crippen molar-refractivity contribution in [3.63, 3.8) is 0 Å². The molecule has 0 aromatic carbocycles. The van der Waals surface area contributed by atoms with E-state index >= 15 is 0 Å². The highest BCUT2D eigenvalue weighted by Crippen LogP contribution is 2.33. The van der Waals surface area contributed by atoms with Gasteiger partial charge in [-0.15, -0.1) is 17.9 Å². The van der Waals surface area contributed by atoms with Gasteiger partial charge in [-0.25, -0.2) is 0 Å². The van der Waals surface area contributed by atoms with Crippen molar-refractivity contribution < 1.29 is 5.11 Å². The van der Waals surface area contributed by atoms with Crippen molar-refractivity contribution in [3.8, 4) is 0 Å². The molecule has 1 aromatic rings. The van der Waals surface area contributed by atoms with Crippen LogP contribution in [-0.2, 0) is 0 Å². The van der Waals surface area contributed by atoms with Gasteiger partial charge in [0.25, 0.3) is 0 Å². The Morgan fingerprint density at radius 1 is 1.77 bits per heavy atom. The topological polar surface area (TPSA) is 20.2 Å². The van der Waals surface area contributed by atoms with Gasteiger partial charge in [-0.3, -0.25) is 0 Å². The summed E-state index contributed by atoms with van der Waals surface area (Å²) in [6.07, 6.45) is 0.249. The fourth-order valence-corrected chi connectivity index (χ4v) is 2.64. The van der Waals surface area contributed by atoms with Crippen molar-refractivity contribution >= 4 is 27.3 Å². The molecule has 0 amide bonds. The molecule has 0 radical (unpaired) electrons. The first-order valence-electron chi connectivity index (χ1n) is 4.09. The lowest BCUT2D eigenvalue weighted by molar-refractivity contribution is 0.182. The summed E-state index contributed by atoms with van der Waals surface area (Å²) in [5, 5.41) is 9.76. The average molecular weight is 261 g/mol. The molecule has 72 valence electrons. The van der Waals surface area contributed by atoms with Gasteiger partial charge in [0.1, 0.15) is 0 Å². The molecule has 3 heteroatoms. The van der Waals surface area contributed by atoms with Crippen molar-refractivity contribution in [2.75, 3.05) is 0 Å². The largest absolute Gasteiger partial charge is 0.387 e. The van der Waals surface area contributed by atoms with E-state index in [2.05, 4.69) is 22.5 Å². The first-order valence-corrected chi connectivity index (χ1v) is 5.70. The summed E-state index contributed by atoms with van der Waals surface area (Å²) < 4.78 is 1.10. The molecule has 0 fully saturated rings. The molecule has 1 atom stereocenters. The molecule has 1 aromatic heterocycles. The van der Waals surface area contributed by atoms with E-state index in [1.807, 2.05) is 19.9 Å². The van der Waals surface area contributed by atoms with Crippen LogP contribution >= 0.6 is 27.3 Å². The van der Waals surface area contributed by atoms with Crippen LogP contribution in [0.15, 0.2) is 22.0 Å². The van der Waals surface area contributed by atoms with Gasteiger partial charge < -0.3 is 5.11 Å². The van der Waals surface area contributed by atoms with Crippen molar-refractivity contribution in [2.24, 2.45) is 0 Å². The van der Waals surface area contributed by atoms with Crippen LogP contribution in [0, 0.1) is 6.92 Å². The number of hydrogen-bond acceptors (Lipinski definition) is 2. The monoisotopic (exact) mass is 260 g/mol. The maximum absolute atomic E-state index is 9.76. The Bertz CT molecular complexity index is 297. The fraction of sp³-hybridized carbons (Fsp3) is 0.400. The molecule has 0 saturated heterocycles. The van der Waals surface area contributed by atoms with Gasteiger partial charge in [0, 0.05) is 4.88 Å². The predicted octanol–water partition coefficient (Wildman–Crippen LogP) is 3.82. The maximum Gasteiger partial charge on any atom is 0.0919 e. The first-order chi connectivity index (χ1) is 6.00. The SMILES string of the molecule is C=C(C)CC(O)c1cc(C)c(Br)s1. The number of aliphatic hydroxyl groups is 1. The Morgan fingerprint density at radius 2 is 2.38 bits per heavy atom. The van der Waals surface area contributed by atoms with Crippen molar-refractivity contribution in [2.45, 2.75) is 26.4 Å². The van der Waals surface area contributed by atoms with E-state index < -0.39 is 6.10 Å². The molecule has 0 saturated carbocycles. The van der Waals surface area contributed by atoms with Gasteiger partial charge >= 0.3 is 0 Å². The highest BCUT2D eigenvalue weighted by Gasteiger charge is 2.11. The number of aliphatic hydroxyl groups excluding tert-OH is 1.